The molecule has 0 aliphatic carbocycles. The number of nitrogens with one attached hydrogen (secondary N) is 1. The number of nitrogens with zero attached hydrogens (tertiary/aromatic N) is 1. The molecule has 4 atom stereocenters. The van der Waals surface area contributed by atoms with Gasteiger partial charge >= 0.3 is 5.69 Å². The number of rotatable bonds is 10. The first kappa shape index (κ1) is 24.1. The molecule has 3 N–H and O–H groups in total. The highest BCUT2D eigenvalue weighted by Crippen LogP contribution is 2.42. The van der Waals surface area contributed by atoms with Crippen LogP contribution in [-0.4, -0.2) is 50.8 Å². The van der Waals surface area contributed by atoms with E-state index in [1.807, 2.05) is 60.7 Å². The highest BCUT2D eigenvalue weighted by molar-refractivity contribution is 5.15. The van der Waals surface area contributed by atoms with Crippen LogP contribution < -0.4 is 11.2 Å². The maximum absolute atomic E-state index is 12.5. The summed E-state index contributed by atoms with van der Waals surface area (Å²) in [5.74, 6) is 0. The normalized spacial score (nSPS) is 24.4. The van der Waals surface area contributed by atoms with Crippen molar-refractivity contribution in [2.24, 2.45) is 0 Å². The zero-order valence-electron chi connectivity index (χ0n) is 18.6. The largest absolute Gasteiger partial charge is 0.396 e. The Labute approximate surface area is 196 Å². The average molecular weight is 469 g/mol. The first-order valence-corrected chi connectivity index (χ1v) is 11.1. The smallest absolute Gasteiger partial charge is 0.330 e. The molecule has 180 valence electrons. The van der Waals surface area contributed by atoms with Gasteiger partial charge in [-0.1, -0.05) is 60.7 Å². The Hall–Kier alpha value is -3.08. The molecule has 1 aromatic heterocycles. The Balaban J connectivity index is 1.60. The first-order valence-electron chi connectivity index (χ1n) is 11.1. The van der Waals surface area contributed by atoms with E-state index in [0.717, 1.165) is 15.7 Å². The third-order valence-electron chi connectivity index (χ3n) is 5.84. The number of aromatic amines is 1. The predicted molar refractivity (Wildman–Crippen MR) is 123 cm³/mol. The predicted octanol–water partition coefficient (Wildman–Crippen LogP) is 1.35. The molecule has 0 radical (unpaired) electrons. The number of aliphatic hydroxyl groups excluding tert-OH is 1. The molecular weight excluding hydrogens is 440 g/mol. The molecule has 4 rings (SSSR count). The van der Waals surface area contributed by atoms with E-state index in [1.165, 1.54) is 12.3 Å². The van der Waals surface area contributed by atoms with Gasteiger partial charge in [0.25, 0.3) is 5.56 Å². The molecule has 9 heteroatoms. The summed E-state index contributed by atoms with van der Waals surface area (Å²) in [6, 6.07) is 20.2. The van der Waals surface area contributed by atoms with Gasteiger partial charge in [0.15, 0.2) is 6.23 Å². The number of ether oxygens (including phenoxy) is 3. The molecular formula is C25H28N2O7. The Bertz CT molecular complexity index is 1160. The molecule has 0 unspecified atom stereocenters. The number of benzene rings is 2. The van der Waals surface area contributed by atoms with Crippen molar-refractivity contribution in [3.63, 3.8) is 0 Å². The summed E-state index contributed by atoms with van der Waals surface area (Å²) in [5, 5.41) is 21.4. The van der Waals surface area contributed by atoms with Crippen LogP contribution in [0.4, 0.5) is 0 Å². The van der Waals surface area contributed by atoms with Crippen LogP contribution in [0.1, 0.15) is 23.8 Å². The molecule has 2 heterocycles. The number of hydrogen-bond donors (Lipinski definition) is 3. The van der Waals surface area contributed by atoms with Gasteiger partial charge in [-0.05, 0) is 11.1 Å². The lowest BCUT2D eigenvalue weighted by Gasteiger charge is -2.33. The van der Waals surface area contributed by atoms with E-state index >= 15 is 0 Å². The van der Waals surface area contributed by atoms with E-state index in [4.69, 9.17) is 14.2 Å². The molecule has 3 aromatic rings. The van der Waals surface area contributed by atoms with Crippen LogP contribution in [0, 0.1) is 0 Å². The summed E-state index contributed by atoms with van der Waals surface area (Å²) in [6.45, 7) is 0.229. The molecule has 0 bridgehead atoms. The molecule has 1 aliphatic rings. The molecule has 34 heavy (non-hydrogen) atoms. The van der Waals surface area contributed by atoms with E-state index in [9.17, 15) is 19.8 Å². The van der Waals surface area contributed by atoms with Gasteiger partial charge in [0.05, 0.1) is 19.8 Å². The van der Waals surface area contributed by atoms with E-state index in [0.29, 0.717) is 6.61 Å². The summed E-state index contributed by atoms with van der Waals surface area (Å²) in [5.41, 5.74) is -1.19. The highest BCUT2D eigenvalue weighted by Gasteiger charge is 2.57. The molecule has 1 aliphatic heterocycles. The second kappa shape index (κ2) is 10.9. The zero-order chi connectivity index (χ0) is 24.0. The molecule has 0 amide bonds. The van der Waals surface area contributed by atoms with Gasteiger partial charge in [-0.3, -0.25) is 14.3 Å². The lowest BCUT2D eigenvalue weighted by Crippen LogP contribution is -2.51. The average Bonchev–Trinajstić information content (AvgIpc) is 3.10. The van der Waals surface area contributed by atoms with Gasteiger partial charge in [-0.15, -0.1) is 0 Å². The standard InChI is InChI=1S/C25H28N2O7/c28-14-12-25(31)22(33-16-19-9-5-2-6-10-19)20(17-32-15-18-7-3-1-4-8-18)34-23(25)27-13-11-21(29)26-24(27)30/h1-11,13,20,22-23,28,31H,12,14-17H2,(H,26,29,30)/t20-,22-,23-,25+/m1/s1. The Morgan fingerprint density at radius 2 is 1.62 bits per heavy atom. The quantitative estimate of drug-likeness (QED) is 0.410. The Morgan fingerprint density at radius 1 is 0.971 bits per heavy atom. The minimum absolute atomic E-state index is 0.0801. The summed E-state index contributed by atoms with van der Waals surface area (Å²) < 4.78 is 19.2. The van der Waals surface area contributed by atoms with Crippen molar-refractivity contribution in [3.05, 3.63) is 105 Å². The Kier molecular flexibility index (Phi) is 7.71. The SMILES string of the molecule is O=c1ccn([C@@H]2O[C@H](COCc3ccccc3)[C@@H](OCc3ccccc3)[C@@]2(O)CCO)c(=O)[nH]1. The maximum atomic E-state index is 12.5. The van der Waals surface area contributed by atoms with Crippen LogP contribution in [0.25, 0.3) is 0 Å². The van der Waals surface area contributed by atoms with Gasteiger partial charge in [0.2, 0.25) is 0 Å². The van der Waals surface area contributed by atoms with Crippen molar-refractivity contribution in [2.75, 3.05) is 13.2 Å². The second-order valence-corrected chi connectivity index (χ2v) is 8.23. The number of aliphatic hydroxyl groups is 2. The van der Waals surface area contributed by atoms with Crippen molar-refractivity contribution in [3.8, 4) is 0 Å². The molecule has 2 aromatic carbocycles. The van der Waals surface area contributed by atoms with Gasteiger partial charge < -0.3 is 24.4 Å². The van der Waals surface area contributed by atoms with E-state index in [2.05, 4.69) is 4.98 Å². The van der Waals surface area contributed by atoms with Crippen LogP contribution in [0.15, 0.2) is 82.5 Å². The van der Waals surface area contributed by atoms with Gasteiger partial charge in [0, 0.05) is 25.3 Å². The summed E-state index contributed by atoms with van der Waals surface area (Å²) >= 11 is 0. The third kappa shape index (κ3) is 5.35. The van der Waals surface area contributed by atoms with Crippen molar-refractivity contribution in [2.45, 2.75) is 43.7 Å². The number of aromatic nitrogens is 2. The molecule has 1 fully saturated rings. The monoisotopic (exact) mass is 468 g/mol. The van der Waals surface area contributed by atoms with Gasteiger partial charge in [-0.25, -0.2) is 4.79 Å². The van der Waals surface area contributed by atoms with Gasteiger partial charge in [0.1, 0.15) is 17.8 Å². The van der Waals surface area contributed by atoms with E-state index < -0.39 is 35.3 Å². The second-order valence-electron chi connectivity index (χ2n) is 8.23. The van der Waals surface area contributed by atoms with Gasteiger partial charge in [-0.2, -0.15) is 0 Å². The minimum Gasteiger partial charge on any atom is -0.396 e. The summed E-state index contributed by atoms with van der Waals surface area (Å²) in [4.78, 5) is 26.2. The van der Waals surface area contributed by atoms with Crippen molar-refractivity contribution < 1.29 is 24.4 Å². The Morgan fingerprint density at radius 3 is 2.24 bits per heavy atom. The highest BCUT2D eigenvalue weighted by atomic mass is 16.6. The summed E-state index contributed by atoms with van der Waals surface area (Å²) in [6.07, 6.45) is -1.71. The fourth-order valence-corrected chi connectivity index (χ4v) is 4.19. The van der Waals surface area contributed by atoms with Crippen LogP contribution in [0.2, 0.25) is 0 Å². The van der Waals surface area contributed by atoms with E-state index in [-0.39, 0.29) is 26.2 Å². The molecule has 0 saturated carbocycles. The number of hydrogen-bond acceptors (Lipinski definition) is 7. The van der Waals surface area contributed by atoms with Crippen LogP contribution >= 0.6 is 0 Å². The number of H-pyrrole nitrogens is 1. The first-order chi connectivity index (χ1) is 16.5. The lowest BCUT2D eigenvalue weighted by atomic mass is 9.90. The van der Waals surface area contributed by atoms with Crippen molar-refractivity contribution in [1.82, 2.24) is 9.55 Å². The fourth-order valence-electron chi connectivity index (χ4n) is 4.19. The molecule has 0 spiro atoms. The minimum atomic E-state index is -1.76. The topological polar surface area (TPSA) is 123 Å². The van der Waals surface area contributed by atoms with Crippen molar-refractivity contribution in [1.29, 1.82) is 0 Å². The van der Waals surface area contributed by atoms with Crippen LogP contribution in [0.3, 0.4) is 0 Å². The molecule has 9 nitrogen and oxygen atoms in total. The van der Waals surface area contributed by atoms with E-state index in [1.54, 1.807) is 0 Å². The lowest BCUT2D eigenvalue weighted by molar-refractivity contribution is -0.137. The summed E-state index contributed by atoms with van der Waals surface area (Å²) in [7, 11) is 0. The van der Waals surface area contributed by atoms with Crippen LogP contribution in [-0.2, 0) is 27.4 Å². The van der Waals surface area contributed by atoms with Crippen LogP contribution in [0.5, 0.6) is 0 Å². The fraction of sp³-hybridized carbons (Fsp3) is 0.360. The molecule has 1 saturated heterocycles. The maximum Gasteiger partial charge on any atom is 0.330 e. The zero-order valence-corrected chi connectivity index (χ0v) is 18.6. The van der Waals surface area contributed by atoms with Crippen molar-refractivity contribution >= 4 is 0 Å². The third-order valence-corrected chi connectivity index (χ3v) is 5.84.